The predicted molar refractivity (Wildman–Crippen MR) is 299 cm³/mol. The Morgan fingerprint density at radius 3 is 1.42 bits per heavy atom. The van der Waals surface area contributed by atoms with Gasteiger partial charge in [-0.3, -0.25) is 0 Å². The minimum absolute atomic E-state index is 0.668. The van der Waals surface area contributed by atoms with Crippen molar-refractivity contribution >= 4 is 38.9 Å². The van der Waals surface area contributed by atoms with Crippen molar-refractivity contribution in [3.8, 4) is 50.2 Å². The molecule has 13 rings (SSSR count). The Morgan fingerprint density at radius 1 is 0.338 bits per heavy atom. The highest BCUT2D eigenvalue weighted by Crippen LogP contribution is 2.59. The number of hydrogen-bond acceptors (Lipinski definition) is 1. The van der Waals surface area contributed by atoms with Crippen LogP contribution in [0.15, 0.2) is 267 Å². The van der Waals surface area contributed by atoms with Crippen LogP contribution in [0.1, 0.15) is 33.4 Å². The monoisotopic (exact) mass is 906 g/mol. The molecule has 1 aromatic heterocycles. The molecule has 0 fully saturated rings. The summed E-state index contributed by atoms with van der Waals surface area (Å²) in [6, 6.07) is 98.9. The standard InChI is InChI=1S/C69H50N2/c1-47-29-36-54(37-30-47)69(55-38-31-48(2)32-39-55)62-25-16-28-67(71-64-26-14-12-23-58(64)59-24-13-15-27-65(59)71)68(62)60-43-42-57(46-63(60)69)70(56-40-33-51(34-41-56)49-17-6-3-7-18-49)66-44-35-53(50-19-8-4-9-20-50)45-61(66)52-21-10-5-11-22-52/h3-46H,1-2H3. The van der Waals surface area contributed by atoms with Crippen LogP contribution < -0.4 is 4.90 Å². The van der Waals surface area contributed by atoms with Gasteiger partial charge in [0, 0.05) is 33.3 Å². The van der Waals surface area contributed by atoms with E-state index < -0.39 is 5.41 Å². The first-order valence-electron chi connectivity index (χ1n) is 24.7. The maximum absolute atomic E-state index is 2.51. The van der Waals surface area contributed by atoms with Crippen molar-refractivity contribution in [2.75, 3.05) is 4.90 Å². The number of aromatic nitrogens is 1. The summed E-state index contributed by atoms with van der Waals surface area (Å²) >= 11 is 0. The van der Waals surface area contributed by atoms with Gasteiger partial charge in [0.15, 0.2) is 0 Å². The summed E-state index contributed by atoms with van der Waals surface area (Å²) in [7, 11) is 0. The lowest BCUT2D eigenvalue weighted by Gasteiger charge is -2.35. The molecule has 0 amide bonds. The van der Waals surface area contributed by atoms with E-state index in [4.69, 9.17) is 0 Å². The fourth-order valence-electron chi connectivity index (χ4n) is 11.5. The molecule has 0 radical (unpaired) electrons. The Bertz CT molecular complexity index is 3810. The summed E-state index contributed by atoms with van der Waals surface area (Å²) < 4.78 is 2.50. The van der Waals surface area contributed by atoms with E-state index in [9.17, 15) is 0 Å². The molecule has 11 aromatic carbocycles. The highest BCUT2D eigenvalue weighted by molar-refractivity contribution is 6.10. The van der Waals surface area contributed by atoms with Gasteiger partial charge in [0.2, 0.25) is 0 Å². The second-order valence-electron chi connectivity index (χ2n) is 19.0. The van der Waals surface area contributed by atoms with Crippen LogP contribution >= 0.6 is 0 Å². The molecule has 1 aliphatic carbocycles. The van der Waals surface area contributed by atoms with Crippen LogP contribution in [0.2, 0.25) is 0 Å². The number of hydrogen-bond donors (Lipinski definition) is 0. The van der Waals surface area contributed by atoms with Gasteiger partial charge in [-0.1, -0.05) is 223 Å². The molecule has 0 aliphatic heterocycles. The first kappa shape index (κ1) is 42.1. The van der Waals surface area contributed by atoms with Crippen molar-refractivity contribution in [3.63, 3.8) is 0 Å². The summed E-state index contributed by atoms with van der Waals surface area (Å²) in [4.78, 5) is 2.48. The molecule has 0 atom stereocenters. The minimum Gasteiger partial charge on any atom is -0.310 e. The summed E-state index contributed by atoms with van der Waals surface area (Å²) in [5, 5.41) is 2.50. The maximum atomic E-state index is 2.51. The summed E-state index contributed by atoms with van der Waals surface area (Å²) in [6.45, 7) is 4.37. The van der Waals surface area contributed by atoms with Crippen molar-refractivity contribution in [3.05, 3.63) is 300 Å². The third-order valence-electron chi connectivity index (χ3n) is 14.8. The van der Waals surface area contributed by atoms with Gasteiger partial charge in [-0.2, -0.15) is 0 Å². The van der Waals surface area contributed by atoms with Gasteiger partial charge in [0.1, 0.15) is 0 Å². The largest absolute Gasteiger partial charge is 0.310 e. The van der Waals surface area contributed by atoms with Crippen LogP contribution in [-0.2, 0) is 5.41 Å². The Morgan fingerprint density at radius 2 is 0.831 bits per heavy atom. The van der Waals surface area contributed by atoms with Gasteiger partial charge in [-0.15, -0.1) is 0 Å². The molecule has 336 valence electrons. The van der Waals surface area contributed by atoms with Crippen LogP contribution in [-0.4, -0.2) is 4.57 Å². The molecule has 0 saturated heterocycles. The van der Waals surface area contributed by atoms with Crippen LogP contribution in [0.4, 0.5) is 17.1 Å². The van der Waals surface area contributed by atoms with Crippen LogP contribution in [0.25, 0.3) is 72.0 Å². The van der Waals surface area contributed by atoms with E-state index in [1.54, 1.807) is 0 Å². The second kappa shape index (κ2) is 17.2. The lowest BCUT2D eigenvalue weighted by Crippen LogP contribution is -2.29. The molecule has 0 saturated carbocycles. The van der Waals surface area contributed by atoms with E-state index in [1.165, 1.54) is 94.3 Å². The third-order valence-corrected chi connectivity index (χ3v) is 14.8. The van der Waals surface area contributed by atoms with Gasteiger partial charge in [-0.05, 0) is 124 Å². The first-order valence-corrected chi connectivity index (χ1v) is 24.7. The molecule has 12 aromatic rings. The summed E-state index contributed by atoms with van der Waals surface area (Å²) in [6.07, 6.45) is 0. The molecule has 1 aliphatic rings. The topological polar surface area (TPSA) is 8.17 Å². The smallest absolute Gasteiger partial charge is 0.0715 e. The van der Waals surface area contributed by atoms with Crippen molar-refractivity contribution < 1.29 is 0 Å². The highest BCUT2D eigenvalue weighted by atomic mass is 15.1. The van der Waals surface area contributed by atoms with Crippen molar-refractivity contribution in [2.45, 2.75) is 19.3 Å². The molecule has 2 nitrogen and oxygen atoms in total. The van der Waals surface area contributed by atoms with E-state index in [2.05, 4.69) is 290 Å². The quantitative estimate of drug-likeness (QED) is 0.140. The van der Waals surface area contributed by atoms with Crippen LogP contribution in [0.5, 0.6) is 0 Å². The molecule has 0 N–H and O–H groups in total. The molecule has 2 heteroatoms. The van der Waals surface area contributed by atoms with E-state index in [0.29, 0.717) is 0 Å². The number of aryl methyl sites for hydroxylation is 2. The Labute approximate surface area is 416 Å². The van der Waals surface area contributed by atoms with Gasteiger partial charge >= 0.3 is 0 Å². The average Bonchev–Trinajstić information content (AvgIpc) is 3.93. The molecule has 0 spiro atoms. The zero-order valence-electron chi connectivity index (χ0n) is 39.8. The number of nitrogens with zero attached hydrogens (tertiary/aromatic N) is 2. The first-order chi connectivity index (χ1) is 35.0. The van der Waals surface area contributed by atoms with Gasteiger partial charge < -0.3 is 9.47 Å². The maximum Gasteiger partial charge on any atom is 0.0715 e. The number of fused-ring (bicyclic) bond motifs is 6. The lowest BCUT2D eigenvalue weighted by atomic mass is 9.67. The number of rotatable bonds is 9. The Balaban J connectivity index is 1.12. The fourth-order valence-corrected chi connectivity index (χ4v) is 11.5. The Hall–Kier alpha value is -8.98. The van der Waals surface area contributed by atoms with Crippen molar-refractivity contribution in [1.29, 1.82) is 0 Å². The third kappa shape index (κ3) is 6.94. The van der Waals surface area contributed by atoms with Crippen LogP contribution in [0, 0.1) is 13.8 Å². The van der Waals surface area contributed by atoms with E-state index in [-0.39, 0.29) is 0 Å². The molecular formula is C69H50N2. The van der Waals surface area contributed by atoms with Crippen LogP contribution in [0.3, 0.4) is 0 Å². The highest BCUT2D eigenvalue weighted by Gasteiger charge is 2.48. The molecule has 1 heterocycles. The van der Waals surface area contributed by atoms with Crippen molar-refractivity contribution in [2.24, 2.45) is 0 Å². The second-order valence-corrected chi connectivity index (χ2v) is 19.0. The normalized spacial score (nSPS) is 12.5. The lowest BCUT2D eigenvalue weighted by molar-refractivity contribution is 0.767. The van der Waals surface area contributed by atoms with E-state index in [0.717, 1.165) is 28.2 Å². The minimum atomic E-state index is -0.668. The van der Waals surface area contributed by atoms with Gasteiger partial charge in [-0.25, -0.2) is 0 Å². The summed E-state index contributed by atoms with van der Waals surface area (Å²) in [5.74, 6) is 0. The average molecular weight is 907 g/mol. The van der Waals surface area contributed by atoms with Gasteiger partial charge in [0.05, 0.1) is 27.8 Å². The SMILES string of the molecule is Cc1ccc(C2(c3ccc(C)cc3)c3cc(N(c4ccc(-c5ccccc5)cc4)c4ccc(-c5ccccc5)cc4-c4ccccc4)ccc3-c3c(-n4c5ccccc5c5ccccc54)cccc32)cc1. The summed E-state index contributed by atoms with van der Waals surface area (Å²) in [5.41, 5.74) is 23.1. The molecule has 0 unspecified atom stereocenters. The molecule has 71 heavy (non-hydrogen) atoms. The van der Waals surface area contributed by atoms with E-state index in [1.807, 2.05) is 0 Å². The number of benzene rings is 11. The van der Waals surface area contributed by atoms with Gasteiger partial charge in [0.25, 0.3) is 0 Å². The predicted octanol–water partition coefficient (Wildman–Crippen LogP) is 18.2. The molecule has 0 bridgehead atoms. The zero-order chi connectivity index (χ0) is 47.5. The Kier molecular flexibility index (Phi) is 10.2. The van der Waals surface area contributed by atoms with Crippen molar-refractivity contribution in [1.82, 2.24) is 4.57 Å². The molecular weight excluding hydrogens is 857 g/mol. The fraction of sp³-hybridized carbons (Fsp3) is 0.0435. The van der Waals surface area contributed by atoms with E-state index >= 15 is 0 Å². The zero-order valence-corrected chi connectivity index (χ0v) is 39.8. The number of para-hydroxylation sites is 2. The number of anilines is 3.